The molecule has 0 radical (unpaired) electrons. The highest BCUT2D eigenvalue weighted by atomic mass is 127. The largest absolute Gasteiger partial charge is 0.355 e. The molecule has 10 aromatic carbocycles. The van der Waals surface area contributed by atoms with Crippen LogP contribution in [-0.4, -0.2) is 25.8 Å². The van der Waals surface area contributed by atoms with Crippen molar-refractivity contribution in [2.24, 2.45) is 0 Å². The van der Waals surface area contributed by atoms with Crippen molar-refractivity contribution in [1.29, 1.82) is 0 Å². The fraction of sp³-hybridized carbons (Fsp3) is 0.0164. The van der Waals surface area contributed by atoms with E-state index >= 15 is 0 Å². The van der Waals surface area contributed by atoms with E-state index in [-0.39, 0.29) is 0 Å². The van der Waals surface area contributed by atoms with Crippen LogP contribution < -0.4 is 0 Å². The number of alkyl halides is 1. The van der Waals surface area contributed by atoms with Crippen LogP contribution in [0.4, 0.5) is 4.39 Å². The first kappa shape index (κ1) is 46.1. The van der Waals surface area contributed by atoms with Crippen molar-refractivity contribution < 1.29 is 5.76 Å². The van der Waals surface area contributed by atoms with E-state index in [0.29, 0.717) is 0 Å². The summed E-state index contributed by atoms with van der Waals surface area (Å²) in [6.45, 7) is 0. The van der Waals surface area contributed by atoms with Gasteiger partial charge in [-0.2, -0.15) is 0 Å². The third-order valence-corrected chi connectivity index (χ3v) is 15.4. The molecule has 1 N–H and O–H groups in total. The number of nitrogens with zero attached hydrogens (tertiary/aromatic N) is 3. The molecule has 0 fully saturated rings. The van der Waals surface area contributed by atoms with Crippen LogP contribution in [0, 0.1) is 3.57 Å². The fourth-order valence-corrected chi connectivity index (χ4v) is 11.8. The second-order valence-corrected chi connectivity index (χ2v) is 21.8. The molecule has 0 bridgehead atoms. The fourth-order valence-electron chi connectivity index (χ4n) is 9.84. The maximum Gasteiger partial charge on any atom is 0.0785 e. The van der Waals surface area contributed by atoms with Gasteiger partial charge in [0.15, 0.2) is 0 Å². The van der Waals surface area contributed by atoms with Crippen LogP contribution in [0.25, 0.3) is 104 Å². The van der Waals surface area contributed by atoms with E-state index in [9.17, 15) is 4.39 Å². The SMILES string of the molecule is Brc1ccc2[nH]c3ccc(Br)cc3c2c1.Brc1ccc2c(c1)c1cc(Br)ccc1n2-c1ccc2c(c1)c1ccccc1n2-c1ccccc1.Ic1ccc2c(c1)c1ccccc1n2-c1ccccc1.[2H]CF. The number of para-hydroxylation sites is 4. The van der Waals surface area contributed by atoms with E-state index in [1.165, 1.54) is 102 Å². The molecule has 10 heteroatoms. The third-order valence-electron chi connectivity index (χ3n) is 12.8. The highest BCUT2D eigenvalue weighted by Crippen LogP contribution is 2.39. The molecule has 346 valence electrons. The van der Waals surface area contributed by atoms with Crippen LogP contribution in [0.2, 0.25) is 0 Å². The lowest BCUT2D eigenvalue weighted by molar-refractivity contribution is 0.636. The molecule has 0 aliphatic rings. The minimum atomic E-state index is -1.00. The van der Waals surface area contributed by atoms with Gasteiger partial charge in [-0.15, -0.1) is 0 Å². The van der Waals surface area contributed by atoms with Crippen molar-refractivity contribution in [3.8, 4) is 17.1 Å². The highest BCUT2D eigenvalue weighted by Gasteiger charge is 2.17. The Kier molecular flexibility index (Phi) is 13.1. The normalized spacial score (nSPS) is 11.5. The molecule has 4 aromatic heterocycles. The van der Waals surface area contributed by atoms with Gasteiger partial charge in [0.1, 0.15) is 0 Å². The molecular formula is C61H40Br4FIN4. The molecule has 4 heterocycles. The van der Waals surface area contributed by atoms with E-state index in [0.717, 1.165) is 23.6 Å². The van der Waals surface area contributed by atoms with Gasteiger partial charge in [0.2, 0.25) is 0 Å². The number of hydrogen-bond acceptors (Lipinski definition) is 0. The molecule has 0 saturated heterocycles. The average Bonchev–Trinajstić information content (AvgIpc) is 4.13. The van der Waals surface area contributed by atoms with Crippen molar-refractivity contribution >= 4 is 174 Å². The van der Waals surface area contributed by atoms with E-state index in [2.05, 4.69) is 311 Å². The van der Waals surface area contributed by atoms with Gasteiger partial charge in [-0.1, -0.05) is 137 Å². The lowest BCUT2D eigenvalue weighted by Gasteiger charge is -2.10. The van der Waals surface area contributed by atoms with Gasteiger partial charge < -0.3 is 18.7 Å². The molecule has 0 spiro atoms. The Morgan fingerprint density at radius 1 is 0.352 bits per heavy atom. The summed E-state index contributed by atoms with van der Waals surface area (Å²) in [6.07, 6.45) is 0. The highest BCUT2D eigenvalue weighted by molar-refractivity contribution is 14.1. The Labute approximate surface area is 457 Å². The predicted molar refractivity (Wildman–Crippen MR) is 322 cm³/mol. The lowest BCUT2D eigenvalue weighted by Crippen LogP contribution is -1.95. The van der Waals surface area contributed by atoms with Gasteiger partial charge in [0, 0.05) is 92.6 Å². The molecule has 0 saturated carbocycles. The zero-order valence-corrected chi connectivity index (χ0v) is 46.1. The minimum Gasteiger partial charge on any atom is -0.355 e. The number of hydrogen-bond donors (Lipinski definition) is 1. The minimum absolute atomic E-state index is 1.00. The number of fused-ring (bicyclic) bond motifs is 12. The van der Waals surface area contributed by atoms with Gasteiger partial charge in [0.25, 0.3) is 0 Å². The number of rotatable bonds is 3. The summed E-state index contributed by atoms with van der Waals surface area (Å²) in [7, 11) is -1.00. The summed E-state index contributed by atoms with van der Waals surface area (Å²) in [5.41, 5.74) is 13.2. The van der Waals surface area contributed by atoms with Crippen LogP contribution in [0.5, 0.6) is 0 Å². The number of halogens is 6. The van der Waals surface area contributed by atoms with Crippen molar-refractivity contribution in [3.05, 3.63) is 240 Å². The van der Waals surface area contributed by atoms with Gasteiger partial charge in [0.05, 0.1) is 41.6 Å². The summed E-state index contributed by atoms with van der Waals surface area (Å²) in [5.74, 6) is 0. The molecule has 14 rings (SSSR count). The molecule has 0 unspecified atom stereocenters. The van der Waals surface area contributed by atoms with Gasteiger partial charge >= 0.3 is 0 Å². The molecular weight excluding hydrogens is 1250 g/mol. The smallest absolute Gasteiger partial charge is 0.0785 e. The van der Waals surface area contributed by atoms with Crippen LogP contribution in [0.1, 0.15) is 1.37 Å². The molecule has 14 aromatic rings. The predicted octanol–water partition coefficient (Wildman–Crippen LogP) is 20.2. The van der Waals surface area contributed by atoms with Gasteiger partial charge in [-0.3, -0.25) is 4.39 Å². The van der Waals surface area contributed by atoms with Crippen LogP contribution in [0.15, 0.2) is 236 Å². The zero-order chi connectivity index (χ0) is 49.5. The first-order valence-corrected chi connectivity index (χ1v) is 26.9. The number of benzene rings is 10. The summed E-state index contributed by atoms with van der Waals surface area (Å²) >= 11 is 16.7. The van der Waals surface area contributed by atoms with Gasteiger partial charge in [-0.05, 0) is 168 Å². The molecule has 71 heavy (non-hydrogen) atoms. The number of H-pyrrole nitrogens is 1. The van der Waals surface area contributed by atoms with Crippen LogP contribution in [-0.2, 0) is 0 Å². The maximum atomic E-state index is 9.96. The standard InChI is InChI=1S/C30H18Br2N2.C18H12IN.C12H7Br2N.CH3F/c31-19-10-13-28-24(16-19)25-17-20(32)11-14-29(25)34(28)22-12-15-30-26(18-22)23-8-4-5-9-27(23)33(30)21-6-2-1-3-7-21;19-13-10-11-18-16(12-13)15-8-4-5-9-17(15)20(18)14-6-2-1-3-7-14;13-7-1-3-11-9(5-7)10-6-8(14)2-4-12(10)15-11;1-2/h1-18H;1-12H;1-6,15H;1H3/i;;;1D. The van der Waals surface area contributed by atoms with E-state index in [4.69, 9.17) is 1.37 Å². The first-order chi connectivity index (χ1) is 35.2. The zero-order valence-electron chi connectivity index (χ0n) is 38.6. The Morgan fingerprint density at radius 2 is 0.690 bits per heavy atom. The lowest BCUT2D eigenvalue weighted by atomic mass is 10.1. The van der Waals surface area contributed by atoms with Gasteiger partial charge in [-0.25, -0.2) is 0 Å². The molecule has 0 aliphatic carbocycles. The first-order valence-electron chi connectivity index (χ1n) is 23.3. The second kappa shape index (κ2) is 20.2. The molecule has 4 nitrogen and oxygen atoms in total. The summed E-state index contributed by atoms with van der Waals surface area (Å²) < 4.78 is 28.2. The van der Waals surface area contributed by atoms with Crippen molar-refractivity contribution in [2.45, 2.75) is 0 Å². The maximum absolute atomic E-state index is 9.96. The van der Waals surface area contributed by atoms with Crippen molar-refractivity contribution in [1.82, 2.24) is 18.7 Å². The number of aromatic amines is 1. The second-order valence-electron chi connectivity index (χ2n) is 16.9. The van der Waals surface area contributed by atoms with Crippen LogP contribution in [0.3, 0.4) is 0 Å². The Balaban J connectivity index is 0.000000125. The third kappa shape index (κ3) is 8.92. The number of aromatic nitrogens is 4. The Hall–Kier alpha value is -6.02. The molecule has 0 atom stereocenters. The van der Waals surface area contributed by atoms with Crippen LogP contribution >= 0.6 is 86.3 Å². The average molecular weight is 1300 g/mol. The monoisotopic (exact) mass is 1290 g/mol. The summed E-state index contributed by atoms with van der Waals surface area (Å²) in [5, 5.41) is 10.1. The van der Waals surface area contributed by atoms with Crippen molar-refractivity contribution in [2.75, 3.05) is 7.15 Å². The molecule has 0 amide bonds. The summed E-state index contributed by atoms with van der Waals surface area (Å²) in [6, 6.07) is 77.5. The quantitative estimate of drug-likeness (QED) is 0.171. The Bertz CT molecular complexity index is 4180. The Morgan fingerprint density at radius 3 is 1.17 bits per heavy atom. The topological polar surface area (TPSA) is 30.6 Å². The van der Waals surface area contributed by atoms with Crippen molar-refractivity contribution in [3.63, 3.8) is 0 Å². The van der Waals surface area contributed by atoms with E-state index < -0.39 is 7.15 Å². The van der Waals surface area contributed by atoms with E-state index in [1.54, 1.807) is 0 Å². The summed E-state index contributed by atoms with van der Waals surface area (Å²) in [4.78, 5) is 3.39. The van der Waals surface area contributed by atoms with E-state index in [1.807, 2.05) is 12.1 Å². The molecule has 0 aliphatic heterocycles. The number of nitrogens with one attached hydrogen (secondary N) is 1.